The van der Waals surface area contributed by atoms with Crippen molar-refractivity contribution in [3.05, 3.63) is 135 Å². The quantitative estimate of drug-likeness (QED) is 0.133. The highest BCUT2D eigenvalue weighted by Gasteiger charge is 2.68. The van der Waals surface area contributed by atoms with Crippen molar-refractivity contribution in [1.29, 1.82) is 0 Å². The third-order valence-electron chi connectivity index (χ3n) is 9.24. The molecule has 1 aliphatic heterocycles. The number of aryl methyl sites for hydroxylation is 1. The number of nitrogens with zero attached hydrogens (tertiary/aromatic N) is 3. The minimum absolute atomic E-state index is 0.0420. The highest BCUT2D eigenvalue weighted by molar-refractivity contribution is 6.25. The summed E-state index contributed by atoms with van der Waals surface area (Å²) in [6.45, 7) is 0. The summed E-state index contributed by atoms with van der Waals surface area (Å²) >= 11 is 0. The van der Waals surface area contributed by atoms with E-state index in [2.05, 4.69) is 10.5 Å². The van der Waals surface area contributed by atoms with E-state index < -0.39 is 39.9 Å². The van der Waals surface area contributed by atoms with Crippen molar-refractivity contribution in [2.45, 2.75) is 24.2 Å². The number of hydrogen-bond acceptors (Lipinski definition) is 7. The van der Waals surface area contributed by atoms with Gasteiger partial charge in [-0.05, 0) is 40.3 Å². The van der Waals surface area contributed by atoms with Gasteiger partial charge >= 0.3 is 0 Å². The predicted molar refractivity (Wildman–Crippen MR) is 166 cm³/mol. The summed E-state index contributed by atoms with van der Waals surface area (Å²) in [7, 11) is 1.34. The second kappa shape index (κ2) is 10.8. The van der Waals surface area contributed by atoms with Crippen LogP contribution in [-0.4, -0.2) is 36.0 Å². The number of methoxy groups -OCH3 is 1. The highest BCUT2D eigenvalue weighted by atomic mass is 16.6. The van der Waals surface area contributed by atoms with Gasteiger partial charge in [-0.1, -0.05) is 78.9 Å². The van der Waals surface area contributed by atoms with Crippen LogP contribution in [0.4, 0.5) is 11.4 Å². The fourth-order valence-corrected chi connectivity index (χ4v) is 7.42. The number of nitro benzene ring substituents is 1. The van der Waals surface area contributed by atoms with Crippen LogP contribution in [0.15, 0.2) is 102 Å². The number of hydrazone groups is 1. The summed E-state index contributed by atoms with van der Waals surface area (Å²) < 4.78 is 5.44. The van der Waals surface area contributed by atoms with Gasteiger partial charge in [0.05, 0.1) is 41.0 Å². The maximum atomic E-state index is 14.6. The number of rotatable bonds is 8. The lowest BCUT2D eigenvalue weighted by atomic mass is 9.47. The summed E-state index contributed by atoms with van der Waals surface area (Å²) in [5, 5.41) is 15.9. The maximum Gasteiger partial charge on any atom is 0.273 e. The Kier molecular flexibility index (Phi) is 6.77. The van der Waals surface area contributed by atoms with Gasteiger partial charge in [0.25, 0.3) is 5.69 Å². The van der Waals surface area contributed by atoms with Crippen LogP contribution in [0.1, 0.15) is 40.2 Å². The van der Waals surface area contributed by atoms with Gasteiger partial charge in [-0.2, -0.15) is 5.10 Å². The topological polar surface area (TPSA) is 131 Å². The lowest BCUT2D eigenvalue weighted by molar-refractivity contribution is -0.384. The normalized spacial score (nSPS) is 22.6. The second-order valence-corrected chi connectivity index (χ2v) is 11.4. The standard InChI is InChI=1S/C35H28N4O6/c1-45-28-19-22(39(43)44)16-17-27(28)38-33(41)31-30-23-11-5-7-13-25(23)35(32(31)34(38)42,26-14-8-6-12-24(26)30)20-36-37-29(40)18-15-21-9-3-2-4-10-21/h2-14,16-17,19-20,30-32H,15,18H2,1H3,(H,37,40)/b36-20-/t30?,31-,32-,35?/m1/s1. The number of benzene rings is 4. The molecule has 2 atom stereocenters. The fourth-order valence-electron chi connectivity index (χ4n) is 7.42. The highest BCUT2D eigenvalue weighted by Crippen LogP contribution is 2.64. The SMILES string of the molecule is COc1cc([N+](=O)[O-])ccc1N1C(=O)[C@@H]2C3c4ccccc4C(/C=N\NC(=O)CCc4ccccc4)(c4ccccc43)[C@H]2C1=O. The van der Waals surface area contributed by atoms with E-state index in [4.69, 9.17) is 4.74 Å². The molecule has 4 aliphatic rings. The molecule has 0 saturated carbocycles. The van der Waals surface area contributed by atoms with Gasteiger partial charge < -0.3 is 4.74 Å². The Morgan fingerprint density at radius 3 is 2.24 bits per heavy atom. The minimum atomic E-state index is -1.17. The van der Waals surface area contributed by atoms with E-state index in [0.29, 0.717) is 6.42 Å². The Balaban J connectivity index is 1.32. The van der Waals surface area contributed by atoms with Crippen LogP contribution < -0.4 is 15.1 Å². The number of nitrogens with one attached hydrogen (secondary N) is 1. The number of ether oxygens (including phenoxy) is 1. The molecule has 2 bridgehead atoms. The molecule has 8 rings (SSSR count). The molecule has 3 aliphatic carbocycles. The van der Waals surface area contributed by atoms with Crippen molar-refractivity contribution in [1.82, 2.24) is 5.43 Å². The summed E-state index contributed by atoms with van der Waals surface area (Å²) in [6, 6.07) is 29.0. The molecule has 0 aromatic heterocycles. The van der Waals surface area contributed by atoms with Crippen molar-refractivity contribution in [3.8, 4) is 5.75 Å². The molecule has 3 amide bonds. The molecule has 0 radical (unpaired) electrons. The molecule has 10 heteroatoms. The zero-order valence-corrected chi connectivity index (χ0v) is 24.3. The summed E-state index contributed by atoms with van der Waals surface area (Å²) in [5.41, 5.74) is 5.95. The van der Waals surface area contributed by atoms with E-state index in [9.17, 15) is 24.5 Å². The number of carbonyl (C=O) groups is 3. The van der Waals surface area contributed by atoms with E-state index in [0.717, 1.165) is 32.7 Å². The predicted octanol–water partition coefficient (Wildman–Crippen LogP) is 4.89. The van der Waals surface area contributed by atoms with Crippen LogP contribution >= 0.6 is 0 Å². The number of hydrogen-bond donors (Lipinski definition) is 1. The summed E-state index contributed by atoms with van der Waals surface area (Å²) in [5.74, 6) is -3.18. The Hall–Kier alpha value is -5.64. The number of non-ortho nitro benzene ring substituents is 1. The van der Waals surface area contributed by atoms with Gasteiger partial charge in [-0.25, -0.2) is 10.3 Å². The van der Waals surface area contributed by atoms with Crippen molar-refractivity contribution >= 4 is 35.3 Å². The third kappa shape index (κ3) is 4.24. The first-order chi connectivity index (χ1) is 21.9. The average molecular weight is 601 g/mol. The molecule has 10 nitrogen and oxygen atoms in total. The molecule has 4 aromatic rings. The first kappa shape index (κ1) is 28.1. The molecule has 0 unspecified atom stereocenters. The molecule has 1 saturated heterocycles. The molecule has 45 heavy (non-hydrogen) atoms. The molecule has 1 heterocycles. The van der Waals surface area contributed by atoms with E-state index >= 15 is 0 Å². The zero-order chi connectivity index (χ0) is 31.3. The van der Waals surface area contributed by atoms with Crippen LogP contribution in [0.5, 0.6) is 5.75 Å². The summed E-state index contributed by atoms with van der Waals surface area (Å²) in [4.78, 5) is 53.8. The summed E-state index contributed by atoms with van der Waals surface area (Å²) in [6.07, 6.45) is 2.38. The number of carbonyl (C=O) groups excluding carboxylic acids is 3. The van der Waals surface area contributed by atoms with Crippen molar-refractivity contribution in [2.75, 3.05) is 12.0 Å². The third-order valence-corrected chi connectivity index (χ3v) is 9.24. The monoisotopic (exact) mass is 600 g/mol. The molecule has 1 fully saturated rings. The van der Waals surface area contributed by atoms with E-state index in [1.807, 2.05) is 78.9 Å². The second-order valence-electron chi connectivity index (χ2n) is 11.4. The smallest absolute Gasteiger partial charge is 0.273 e. The van der Waals surface area contributed by atoms with Gasteiger partial charge in [0.2, 0.25) is 17.7 Å². The lowest BCUT2D eigenvalue weighted by Gasteiger charge is -2.52. The van der Waals surface area contributed by atoms with Gasteiger partial charge in [-0.15, -0.1) is 0 Å². The zero-order valence-electron chi connectivity index (χ0n) is 24.3. The van der Waals surface area contributed by atoms with Crippen LogP contribution in [-0.2, 0) is 26.2 Å². The van der Waals surface area contributed by atoms with Crippen LogP contribution in [0, 0.1) is 22.0 Å². The first-order valence-electron chi connectivity index (χ1n) is 14.6. The Morgan fingerprint density at radius 2 is 1.60 bits per heavy atom. The first-order valence-corrected chi connectivity index (χ1v) is 14.6. The van der Waals surface area contributed by atoms with Crippen LogP contribution in [0.3, 0.4) is 0 Å². The van der Waals surface area contributed by atoms with E-state index in [-0.39, 0.29) is 29.5 Å². The number of amides is 3. The van der Waals surface area contributed by atoms with Gasteiger partial charge in [-0.3, -0.25) is 24.5 Å². The Bertz CT molecular complexity index is 1860. The number of imide groups is 1. The van der Waals surface area contributed by atoms with E-state index in [1.54, 1.807) is 6.21 Å². The molecule has 4 aromatic carbocycles. The van der Waals surface area contributed by atoms with Crippen molar-refractivity contribution in [2.24, 2.45) is 16.9 Å². The van der Waals surface area contributed by atoms with Gasteiger partial charge in [0, 0.05) is 24.6 Å². The van der Waals surface area contributed by atoms with Gasteiger partial charge in [0.15, 0.2) is 0 Å². The minimum Gasteiger partial charge on any atom is -0.494 e. The molecule has 1 N–H and O–H groups in total. The number of anilines is 1. The maximum absolute atomic E-state index is 14.6. The van der Waals surface area contributed by atoms with Crippen molar-refractivity contribution < 1.29 is 24.0 Å². The van der Waals surface area contributed by atoms with Crippen LogP contribution in [0.2, 0.25) is 0 Å². The number of nitro groups is 1. The fraction of sp³-hybridized carbons (Fsp3) is 0.200. The Morgan fingerprint density at radius 1 is 0.956 bits per heavy atom. The molecule has 224 valence electrons. The molecular formula is C35H28N4O6. The van der Waals surface area contributed by atoms with Gasteiger partial charge in [0.1, 0.15) is 5.75 Å². The average Bonchev–Trinajstić information content (AvgIpc) is 3.34. The van der Waals surface area contributed by atoms with E-state index in [1.165, 1.54) is 25.3 Å². The Labute approximate surface area is 258 Å². The van der Waals surface area contributed by atoms with Crippen molar-refractivity contribution in [3.63, 3.8) is 0 Å². The lowest BCUT2D eigenvalue weighted by Crippen LogP contribution is -2.54. The molecular weight excluding hydrogens is 572 g/mol. The van der Waals surface area contributed by atoms with Crippen LogP contribution in [0.25, 0.3) is 0 Å². The molecule has 0 spiro atoms. The largest absolute Gasteiger partial charge is 0.494 e.